The molecule has 0 rings (SSSR count). The smallest absolute Gasteiger partial charge is 0.284 e. The summed E-state index contributed by atoms with van der Waals surface area (Å²) in [6.45, 7) is 5.59. The lowest BCUT2D eigenvalue weighted by atomic mass is 10.7. The van der Waals surface area contributed by atoms with Crippen LogP contribution >= 0.6 is 0 Å². The molecule has 0 aromatic carbocycles. The Morgan fingerprint density at radius 1 is 1.56 bits per heavy atom. The average molecular weight is 130 g/mol. The van der Waals surface area contributed by atoms with Gasteiger partial charge in [0.15, 0.2) is 0 Å². The lowest BCUT2D eigenvalue weighted by Crippen LogP contribution is -2.24. The van der Waals surface area contributed by atoms with E-state index < -0.39 is 0 Å². The van der Waals surface area contributed by atoms with Gasteiger partial charge in [0.05, 0.1) is 7.11 Å². The Bertz CT molecular complexity index is 91.1. The Hall–Kier alpha value is -0.730. The van der Waals surface area contributed by atoms with E-state index in [9.17, 15) is 0 Å². The van der Waals surface area contributed by atoms with E-state index in [1.54, 1.807) is 7.11 Å². The molecule has 0 atom stereocenters. The van der Waals surface area contributed by atoms with Crippen LogP contribution < -0.4 is 5.32 Å². The molecule has 0 heterocycles. The first-order chi connectivity index (χ1) is 4.35. The number of amidine groups is 1. The Labute approximate surface area is 56.1 Å². The molecule has 0 aliphatic carbocycles. The van der Waals surface area contributed by atoms with Crippen LogP contribution in [0.15, 0.2) is 4.99 Å². The third kappa shape index (κ3) is 3.82. The molecule has 54 valence electrons. The van der Waals surface area contributed by atoms with E-state index in [0.29, 0.717) is 6.02 Å². The Morgan fingerprint density at radius 2 is 2.22 bits per heavy atom. The summed E-state index contributed by atoms with van der Waals surface area (Å²) in [5, 5.41) is 2.96. The topological polar surface area (TPSA) is 33.6 Å². The Balaban J connectivity index is 3.53. The van der Waals surface area contributed by atoms with Crippen LogP contribution in [-0.2, 0) is 4.74 Å². The lowest BCUT2D eigenvalue weighted by Gasteiger charge is -2.03. The van der Waals surface area contributed by atoms with Crippen molar-refractivity contribution in [1.82, 2.24) is 5.32 Å². The van der Waals surface area contributed by atoms with Gasteiger partial charge in [-0.3, -0.25) is 0 Å². The van der Waals surface area contributed by atoms with Crippen molar-refractivity contribution in [1.29, 1.82) is 0 Å². The summed E-state index contributed by atoms with van der Waals surface area (Å²) in [5.74, 6) is 0. The zero-order valence-electron chi connectivity index (χ0n) is 6.27. The first-order valence-electron chi connectivity index (χ1n) is 3.17. The van der Waals surface area contributed by atoms with Crippen LogP contribution in [0.2, 0.25) is 0 Å². The molecule has 0 unspecified atom stereocenters. The predicted molar refractivity (Wildman–Crippen MR) is 38.7 cm³/mol. The van der Waals surface area contributed by atoms with Gasteiger partial charge in [-0.05, 0) is 13.8 Å². The minimum absolute atomic E-state index is 0.625. The van der Waals surface area contributed by atoms with Crippen LogP contribution in [0.4, 0.5) is 0 Å². The molecule has 0 fully saturated rings. The van der Waals surface area contributed by atoms with Crippen molar-refractivity contribution in [3.63, 3.8) is 0 Å². The van der Waals surface area contributed by atoms with Crippen molar-refractivity contribution in [2.45, 2.75) is 13.8 Å². The number of nitrogens with one attached hydrogen (secondary N) is 1. The summed E-state index contributed by atoms with van der Waals surface area (Å²) in [5.41, 5.74) is 0. The van der Waals surface area contributed by atoms with Gasteiger partial charge < -0.3 is 10.1 Å². The Morgan fingerprint density at radius 3 is 2.56 bits per heavy atom. The molecule has 0 radical (unpaired) electrons. The van der Waals surface area contributed by atoms with E-state index in [4.69, 9.17) is 4.74 Å². The fraction of sp³-hybridized carbons (Fsp3) is 0.833. The molecule has 0 bridgehead atoms. The normalized spacial score (nSPS) is 11.2. The molecule has 0 aromatic heterocycles. The van der Waals surface area contributed by atoms with Gasteiger partial charge >= 0.3 is 0 Å². The van der Waals surface area contributed by atoms with Gasteiger partial charge in [0, 0.05) is 13.1 Å². The zero-order valence-corrected chi connectivity index (χ0v) is 6.27. The molecule has 0 amide bonds. The number of hydrogen-bond donors (Lipinski definition) is 1. The fourth-order valence-electron chi connectivity index (χ4n) is 0.487. The largest absolute Gasteiger partial charge is 0.469 e. The van der Waals surface area contributed by atoms with Gasteiger partial charge in [0.1, 0.15) is 0 Å². The summed E-state index contributed by atoms with van der Waals surface area (Å²) >= 11 is 0. The van der Waals surface area contributed by atoms with E-state index >= 15 is 0 Å². The zero-order chi connectivity index (χ0) is 7.11. The third-order valence-corrected chi connectivity index (χ3v) is 0.823. The predicted octanol–water partition coefficient (Wildman–Crippen LogP) is 0.618. The molecular formula is C6H14N2O. The van der Waals surface area contributed by atoms with E-state index in [0.717, 1.165) is 13.1 Å². The fourth-order valence-corrected chi connectivity index (χ4v) is 0.487. The summed E-state index contributed by atoms with van der Waals surface area (Å²) in [6.07, 6.45) is 0. The van der Waals surface area contributed by atoms with Crippen molar-refractivity contribution in [2.24, 2.45) is 4.99 Å². The van der Waals surface area contributed by atoms with Gasteiger partial charge in [-0.25, -0.2) is 4.99 Å². The van der Waals surface area contributed by atoms with E-state index in [2.05, 4.69) is 10.3 Å². The van der Waals surface area contributed by atoms with Crippen molar-refractivity contribution < 1.29 is 4.74 Å². The molecule has 3 heteroatoms. The van der Waals surface area contributed by atoms with Crippen LogP contribution in [0.5, 0.6) is 0 Å². The van der Waals surface area contributed by atoms with Crippen LogP contribution in [-0.4, -0.2) is 26.2 Å². The second-order valence-electron chi connectivity index (χ2n) is 1.51. The third-order valence-electron chi connectivity index (χ3n) is 0.823. The number of rotatable bonds is 2. The maximum Gasteiger partial charge on any atom is 0.284 e. The highest BCUT2D eigenvalue weighted by molar-refractivity contribution is 5.73. The number of aliphatic imine (C=N–C) groups is 1. The maximum absolute atomic E-state index is 4.87. The summed E-state index contributed by atoms with van der Waals surface area (Å²) in [4.78, 5) is 4.02. The van der Waals surface area contributed by atoms with Crippen molar-refractivity contribution in [3.05, 3.63) is 0 Å². The van der Waals surface area contributed by atoms with Crippen LogP contribution in [0.1, 0.15) is 13.8 Å². The molecule has 0 aliphatic heterocycles. The minimum Gasteiger partial charge on any atom is -0.469 e. The second-order valence-corrected chi connectivity index (χ2v) is 1.51. The van der Waals surface area contributed by atoms with Crippen molar-refractivity contribution in [2.75, 3.05) is 20.2 Å². The number of nitrogens with zero attached hydrogens (tertiary/aromatic N) is 1. The standard InChI is InChI=1S/C6H14N2O/c1-4-7-6(9-3)8-5-2/h4-5H2,1-3H3,(H,7,8). The SMILES string of the molecule is CCN=C(NCC)OC. The van der Waals surface area contributed by atoms with Crippen molar-refractivity contribution in [3.8, 4) is 0 Å². The van der Waals surface area contributed by atoms with E-state index in [-0.39, 0.29) is 0 Å². The van der Waals surface area contributed by atoms with Crippen LogP contribution in [0.25, 0.3) is 0 Å². The number of ether oxygens (including phenoxy) is 1. The first-order valence-corrected chi connectivity index (χ1v) is 3.17. The monoisotopic (exact) mass is 130 g/mol. The first kappa shape index (κ1) is 8.27. The summed E-state index contributed by atoms with van der Waals surface area (Å²) in [7, 11) is 1.61. The van der Waals surface area contributed by atoms with Gasteiger partial charge in [-0.2, -0.15) is 0 Å². The van der Waals surface area contributed by atoms with Crippen LogP contribution in [0.3, 0.4) is 0 Å². The quantitative estimate of drug-likeness (QED) is 0.439. The highest BCUT2D eigenvalue weighted by Gasteiger charge is 1.89. The second kappa shape index (κ2) is 5.41. The molecular weight excluding hydrogens is 116 g/mol. The van der Waals surface area contributed by atoms with Gasteiger partial charge in [0.2, 0.25) is 0 Å². The lowest BCUT2D eigenvalue weighted by molar-refractivity contribution is 0.379. The number of hydrogen-bond acceptors (Lipinski definition) is 2. The molecule has 0 aliphatic rings. The van der Waals surface area contributed by atoms with E-state index in [1.807, 2.05) is 13.8 Å². The maximum atomic E-state index is 4.87. The molecule has 0 saturated heterocycles. The van der Waals surface area contributed by atoms with Gasteiger partial charge in [-0.1, -0.05) is 0 Å². The minimum atomic E-state index is 0.625. The van der Waals surface area contributed by atoms with Crippen LogP contribution in [0, 0.1) is 0 Å². The molecule has 0 spiro atoms. The summed E-state index contributed by atoms with van der Waals surface area (Å²) < 4.78 is 4.87. The highest BCUT2D eigenvalue weighted by atomic mass is 16.5. The molecule has 0 aromatic rings. The average Bonchev–Trinajstić information content (AvgIpc) is 1.88. The highest BCUT2D eigenvalue weighted by Crippen LogP contribution is 1.74. The van der Waals surface area contributed by atoms with Gasteiger partial charge in [-0.15, -0.1) is 0 Å². The molecule has 9 heavy (non-hydrogen) atoms. The summed E-state index contributed by atoms with van der Waals surface area (Å²) in [6, 6.07) is 0.625. The van der Waals surface area contributed by atoms with Gasteiger partial charge in [0.25, 0.3) is 6.02 Å². The number of methoxy groups -OCH3 is 1. The van der Waals surface area contributed by atoms with Crippen molar-refractivity contribution >= 4 is 6.02 Å². The Kier molecular flexibility index (Phi) is 4.97. The molecule has 0 saturated carbocycles. The molecule has 1 N–H and O–H groups in total. The molecule has 3 nitrogen and oxygen atoms in total. The van der Waals surface area contributed by atoms with E-state index in [1.165, 1.54) is 0 Å².